The summed E-state index contributed by atoms with van der Waals surface area (Å²) < 4.78 is 135. The summed E-state index contributed by atoms with van der Waals surface area (Å²) in [5, 5.41) is 187. The standard InChI is InChI=1S/C38H64O36S2/c39-3-9-26-15(45)20(50)33(62-9)69-27-10(4-40)64-35(22(52)17(27)47)71-29-12(6-42)66-37(24(54)19(29)49)73-31-14(8-44)67-38(25(55)32(31)74-75(56,57)2-1-61-76(58,59)60)72-30-13(7-43)65-36(23(53)18(30)48)70-28-11(5-41)63-34(68-26)21(51)16(28)46/h9-55H,1-8H2,(H,58,59,60)/t9-,10-,11-,12-,13-,14-,15-,16-,17-,18-,19-,20-,21-,22-,23-,24-,25-,26-,27-,28-,29-,30-,31+,32-,33-,34-,35-,36-,37-,38-/m1/s1. The van der Waals surface area contributed by atoms with Crippen LogP contribution < -0.4 is 0 Å². The van der Waals surface area contributed by atoms with Gasteiger partial charge in [-0.1, -0.05) is 0 Å². The van der Waals surface area contributed by atoms with Gasteiger partial charge in [0.2, 0.25) is 0 Å². The molecule has 36 nitrogen and oxygen atoms in total. The Bertz CT molecular complexity index is 2050. The molecule has 22 saturated heterocycles. The zero-order valence-electron chi connectivity index (χ0n) is 39.2. The number of aliphatic hydroxyl groups is 17. The molecule has 0 aromatic heterocycles. The number of hydrogen-bond donors (Lipinski definition) is 18. The van der Waals surface area contributed by atoms with Crippen molar-refractivity contribution in [3.05, 3.63) is 0 Å². The molecule has 18 N–H and O–H groups in total. The summed E-state index contributed by atoms with van der Waals surface area (Å²) in [6.45, 7) is -8.06. The highest BCUT2D eigenvalue weighted by Gasteiger charge is 2.59. The molecular formula is C38H64O36S2. The van der Waals surface area contributed by atoms with Gasteiger partial charge in [-0.15, -0.1) is 0 Å². The minimum Gasteiger partial charge on any atom is -0.394 e. The SMILES string of the molecule is O=S(=O)(O)OCCS(=O)(=O)O[C@@H]1[C@@H](O)[C@H]2O[C@H]3[C@H](O)[C@@H](O)[C@@H](O[C@H]4[C@H](O)[C@@H](O)[C@@H](O[C@H]5[C@H](O)[C@@H](O)[C@@H](O[C@H]6[C@H](O)[C@@H](O)[C@@H](O[C@H]7[C@H](O)[C@@H](O)[C@@H](O[C@H]1[C@@H](CO)O2)O[C@@H]7CO)O[C@@H]6CO)O[C@@H]5CO)O[C@@H]4CO)O[C@@H]3CO. The van der Waals surface area contributed by atoms with Crippen molar-refractivity contribution in [2.75, 3.05) is 52.0 Å². The third-order valence-electron chi connectivity index (χ3n) is 13.5. The van der Waals surface area contributed by atoms with Crippen molar-refractivity contribution in [3.8, 4) is 0 Å². The van der Waals surface area contributed by atoms with Crippen LogP contribution in [-0.2, 0) is 85.7 Å². The van der Waals surface area contributed by atoms with Crippen LogP contribution in [0.15, 0.2) is 0 Å². The fourth-order valence-electron chi connectivity index (χ4n) is 9.48. The average Bonchev–Trinajstić information content (AvgIpc) is 3.40. The molecule has 76 heavy (non-hydrogen) atoms. The molecule has 0 saturated carbocycles. The first-order valence-electron chi connectivity index (χ1n) is 23.3. The normalized spacial score (nSPS) is 50.1. The molecule has 30 atom stereocenters. The highest BCUT2D eigenvalue weighted by molar-refractivity contribution is 7.86. The Morgan fingerprint density at radius 1 is 0.316 bits per heavy atom. The average molecular weight is 1160 g/mol. The summed E-state index contributed by atoms with van der Waals surface area (Å²) in [6.07, 6.45) is -63.6. The number of aliphatic hydroxyl groups excluding tert-OH is 17. The number of hydrogen-bond acceptors (Lipinski definition) is 35. The summed E-state index contributed by atoms with van der Waals surface area (Å²) in [6, 6.07) is 0. The molecule has 22 aliphatic heterocycles. The van der Waals surface area contributed by atoms with Crippen LogP contribution in [0.3, 0.4) is 0 Å². The van der Waals surface area contributed by atoms with Crippen LogP contribution in [0.2, 0.25) is 0 Å². The lowest BCUT2D eigenvalue weighted by molar-refractivity contribution is -0.403. The van der Waals surface area contributed by atoms with E-state index in [1.54, 1.807) is 0 Å². The van der Waals surface area contributed by atoms with E-state index in [9.17, 15) is 104 Å². The molecule has 22 aliphatic rings. The second-order valence-corrected chi connectivity index (χ2v) is 21.2. The maximum Gasteiger partial charge on any atom is 0.397 e. The van der Waals surface area contributed by atoms with Crippen molar-refractivity contribution in [2.24, 2.45) is 0 Å². The monoisotopic (exact) mass is 1160 g/mol. The van der Waals surface area contributed by atoms with Gasteiger partial charge in [-0.3, -0.25) is 8.74 Å². The molecule has 38 heteroatoms. The predicted molar refractivity (Wildman–Crippen MR) is 226 cm³/mol. The second-order valence-electron chi connectivity index (χ2n) is 18.4. The zero-order chi connectivity index (χ0) is 55.9. The smallest absolute Gasteiger partial charge is 0.394 e. The van der Waals surface area contributed by atoms with E-state index in [0.29, 0.717) is 0 Å². The molecule has 444 valence electrons. The minimum atomic E-state index is -5.23. The Kier molecular flexibility index (Phi) is 21.1. The third kappa shape index (κ3) is 13.3. The summed E-state index contributed by atoms with van der Waals surface area (Å²) in [5.41, 5.74) is 0. The Morgan fingerprint density at radius 2 is 0.539 bits per heavy atom. The number of rotatable bonds is 12. The Balaban J connectivity index is 1.24. The van der Waals surface area contributed by atoms with Gasteiger partial charge >= 0.3 is 10.4 Å². The Morgan fingerprint density at radius 3 is 0.776 bits per heavy atom. The fraction of sp³-hybridized carbons (Fsp3) is 1.00. The van der Waals surface area contributed by atoms with Crippen LogP contribution >= 0.6 is 0 Å². The van der Waals surface area contributed by atoms with Gasteiger partial charge in [-0.25, -0.2) is 4.18 Å². The molecule has 0 unspecified atom stereocenters. The van der Waals surface area contributed by atoms with E-state index in [1.165, 1.54) is 0 Å². The van der Waals surface area contributed by atoms with Crippen molar-refractivity contribution in [2.45, 2.75) is 184 Å². The summed E-state index contributed by atoms with van der Waals surface area (Å²) >= 11 is 0. The molecule has 12 bridgehead atoms. The van der Waals surface area contributed by atoms with E-state index in [1.807, 2.05) is 0 Å². The molecule has 0 aromatic rings. The third-order valence-corrected chi connectivity index (χ3v) is 15.1. The zero-order valence-corrected chi connectivity index (χ0v) is 40.8. The molecule has 0 amide bonds. The fourth-order valence-corrected chi connectivity index (χ4v) is 10.8. The molecule has 22 fully saturated rings. The molecule has 0 spiro atoms. The Labute approximate surface area is 429 Å². The van der Waals surface area contributed by atoms with Gasteiger partial charge in [0.15, 0.2) is 37.7 Å². The summed E-state index contributed by atoms with van der Waals surface area (Å²) in [7, 11) is -10.4. The molecule has 0 radical (unpaired) electrons. The van der Waals surface area contributed by atoms with E-state index >= 15 is 0 Å². The van der Waals surface area contributed by atoms with Gasteiger partial charge < -0.3 is 144 Å². The van der Waals surface area contributed by atoms with E-state index < -0.39 is 257 Å². The van der Waals surface area contributed by atoms with E-state index in [2.05, 4.69) is 4.18 Å². The van der Waals surface area contributed by atoms with Gasteiger partial charge in [0.25, 0.3) is 10.1 Å². The number of ether oxygens (including phenoxy) is 12. The Hall–Kier alpha value is -1.38. The quantitative estimate of drug-likeness (QED) is 0.0637. The maximum atomic E-state index is 13.3. The first-order valence-corrected chi connectivity index (χ1v) is 26.3. The lowest BCUT2D eigenvalue weighted by atomic mass is 9.94. The van der Waals surface area contributed by atoms with Crippen LogP contribution in [0.1, 0.15) is 0 Å². The van der Waals surface area contributed by atoms with Crippen LogP contribution in [0.25, 0.3) is 0 Å². The highest BCUT2D eigenvalue weighted by Crippen LogP contribution is 2.39. The van der Waals surface area contributed by atoms with Crippen molar-refractivity contribution in [1.29, 1.82) is 0 Å². The van der Waals surface area contributed by atoms with E-state index in [0.717, 1.165) is 0 Å². The predicted octanol–water partition coefficient (Wildman–Crippen LogP) is -13.9. The summed E-state index contributed by atoms with van der Waals surface area (Å²) in [4.78, 5) is 0. The van der Waals surface area contributed by atoms with Crippen LogP contribution in [0.4, 0.5) is 0 Å². The summed E-state index contributed by atoms with van der Waals surface area (Å²) in [5.74, 6) is -1.40. The minimum absolute atomic E-state index is 1.05. The highest BCUT2D eigenvalue weighted by atomic mass is 32.3. The van der Waals surface area contributed by atoms with Crippen LogP contribution in [0.5, 0.6) is 0 Å². The molecule has 22 heterocycles. The molecule has 0 aliphatic carbocycles. The van der Waals surface area contributed by atoms with Gasteiger partial charge in [0, 0.05) is 0 Å². The molecule has 0 aromatic carbocycles. The second kappa shape index (κ2) is 25.8. The first-order chi connectivity index (χ1) is 35.8. The van der Waals surface area contributed by atoms with E-state index in [-0.39, 0.29) is 0 Å². The van der Waals surface area contributed by atoms with Gasteiger partial charge in [0.05, 0.1) is 46.2 Å². The first kappa shape index (κ1) is 62.2. The largest absolute Gasteiger partial charge is 0.397 e. The lowest BCUT2D eigenvalue weighted by Crippen LogP contribution is -2.69. The molecular weight excluding hydrogens is 1100 g/mol. The van der Waals surface area contributed by atoms with Gasteiger partial charge in [0.1, 0.15) is 152 Å². The molecule has 22 rings (SSSR count). The topological polar surface area (TPSA) is 562 Å². The van der Waals surface area contributed by atoms with E-state index in [4.69, 9.17) is 65.6 Å². The van der Waals surface area contributed by atoms with Crippen molar-refractivity contribution < 1.29 is 173 Å². The van der Waals surface area contributed by atoms with Crippen molar-refractivity contribution in [3.63, 3.8) is 0 Å². The van der Waals surface area contributed by atoms with Gasteiger partial charge in [-0.2, -0.15) is 16.8 Å². The van der Waals surface area contributed by atoms with Crippen LogP contribution in [-0.4, -0.2) is 344 Å². The van der Waals surface area contributed by atoms with Crippen molar-refractivity contribution >= 4 is 20.5 Å². The van der Waals surface area contributed by atoms with Gasteiger partial charge in [-0.05, 0) is 0 Å². The maximum absolute atomic E-state index is 13.3. The lowest BCUT2D eigenvalue weighted by Gasteiger charge is -2.51. The van der Waals surface area contributed by atoms with Crippen LogP contribution in [0, 0.1) is 0 Å². The van der Waals surface area contributed by atoms with Crippen molar-refractivity contribution in [1.82, 2.24) is 0 Å².